The molecule has 0 aliphatic carbocycles. The van der Waals surface area contributed by atoms with Crippen molar-refractivity contribution in [3.63, 3.8) is 0 Å². The van der Waals surface area contributed by atoms with Gasteiger partial charge in [0.15, 0.2) is 11.6 Å². The first kappa shape index (κ1) is 25.2. The Morgan fingerprint density at radius 1 is 1.10 bits per heavy atom. The van der Waals surface area contributed by atoms with E-state index in [1.165, 1.54) is 0 Å². The summed E-state index contributed by atoms with van der Waals surface area (Å²) in [5.41, 5.74) is 11.4. The molecule has 1 unspecified atom stereocenters. The fourth-order valence-corrected chi connectivity index (χ4v) is 4.79. The summed E-state index contributed by atoms with van der Waals surface area (Å²) >= 11 is 6.61. The number of nitrogens with zero attached hydrogens (tertiary/aromatic N) is 6. The molecule has 1 aliphatic rings. The van der Waals surface area contributed by atoms with E-state index in [1.54, 1.807) is 10.9 Å². The fraction of sp³-hybridized carbons (Fsp3) is 0.250. The quantitative estimate of drug-likeness (QED) is 0.288. The molecule has 39 heavy (non-hydrogen) atoms. The van der Waals surface area contributed by atoms with E-state index in [0.717, 1.165) is 40.9 Å². The number of aromatic nitrogens is 6. The number of ether oxygens (including phenoxy) is 2. The summed E-state index contributed by atoms with van der Waals surface area (Å²) in [7, 11) is 1.85. The van der Waals surface area contributed by atoms with Gasteiger partial charge in [0, 0.05) is 37.0 Å². The standard InChI is InChI=1S/C28H27ClN8O2/c1-37-10-7-23(36-37)26-25(18-12-17-4-3-9-31-24(17)22(29)13-18)35-28(27(30)34-26)32-14-19-5-2-6-20(33-19)15-39-21-8-11-38-16-21/h2-7,9-10,12-13,21H,8,11,14-16H2,1H3,(H2,30,34)(H,32,35). The van der Waals surface area contributed by atoms with Crippen LogP contribution in [0.25, 0.3) is 33.5 Å². The number of rotatable bonds is 8. The van der Waals surface area contributed by atoms with Crippen LogP contribution in [0.2, 0.25) is 5.02 Å². The highest BCUT2D eigenvalue weighted by Gasteiger charge is 2.19. The average molecular weight is 543 g/mol. The number of nitrogens with two attached hydrogens (primary N) is 1. The van der Waals surface area contributed by atoms with Crippen LogP contribution in [0, 0.1) is 0 Å². The predicted molar refractivity (Wildman–Crippen MR) is 150 cm³/mol. The molecule has 1 atom stereocenters. The molecule has 0 spiro atoms. The van der Waals surface area contributed by atoms with Crippen molar-refractivity contribution in [3.05, 3.63) is 77.3 Å². The van der Waals surface area contributed by atoms with Crippen LogP contribution in [-0.2, 0) is 29.7 Å². The van der Waals surface area contributed by atoms with Crippen LogP contribution < -0.4 is 11.1 Å². The van der Waals surface area contributed by atoms with Crippen molar-refractivity contribution in [1.29, 1.82) is 0 Å². The smallest absolute Gasteiger partial charge is 0.169 e. The molecule has 3 N–H and O–H groups in total. The van der Waals surface area contributed by atoms with E-state index in [2.05, 4.69) is 15.4 Å². The number of hydrogen-bond donors (Lipinski definition) is 2. The molecule has 0 bridgehead atoms. The zero-order chi connectivity index (χ0) is 26.8. The first-order chi connectivity index (χ1) is 19.0. The lowest BCUT2D eigenvalue weighted by Gasteiger charge is -2.14. The number of nitrogens with one attached hydrogen (secondary N) is 1. The van der Waals surface area contributed by atoms with E-state index in [4.69, 9.17) is 41.8 Å². The van der Waals surface area contributed by atoms with Gasteiger partial charge in [0.25, 0.3) is 0 Å². The van der Waals surface area contributed by atoms with Crippen LogP contribution in [-0.4, -0.2) is 49.0 Å². The first-order valence-electron chi connectivity index (χ1n) is 12.6. The van der Waals surface area contributed by atoms with E-state index in [0.29, 0.717) is 47.7 Å². The molecule has 10 nitrogen and oxygen atoms in total. The third-order valence-electron chi connectivity index (χ3n) is 6.47. The Balaban J connectivity index is 1.31. The second kappa shape index (κ2) is 10.9. The third-order valence-corrected chi connectivity index (χ3v) is 6.76. The van der Waals surface area contributed by atoms with Crippen LogP contribution in [0.1, 0.15) is 17.8 Å². The van der Waals surface area contributed by atoms with E-state index >= 15 is 0 Å². The van der Waals surface area contributed by atoms with Gasteiger partial charge >= 0.3 is 0 Å². The Hall–Kier alpha value is -4.12. The minimum atomic E-state index is 0.124. The molecular weight excluding hydrogens is 516 g/mol. The molecule has 5 heterocycles. The number of aryl methyl sites for hydroxylation is 1. The van der Waals surface area contributed by atoms with Crippen molar-refractivity contribution in [2.75, 3.05) is 24.3 Å². The maximum absolute atomic E-state index is 6.61. The van der Waals surface area contributed by atoms with Gasteiger partial charge in [-0.1, -0.05) is 23.7 Å². The number of fused-ring (bicyclic) bond motifs is 1. The predicted octanol–water partition coefficient (Wildman–Crippen LogP) is 4.64. The molecule has 11 heteroatoms. The lowest BCUT2D eigenvalue weighted by Crippen LogP contribution is -2.13. The van der Waals surface area contributed by atoms with Gasteiger partial charge in [-0.05, 0) is 42.8 Å². The Morgan fingerprint density at radius 3 is 2.82 bits per heavy atom. The molecule has 0 amide bonds. The SMILES string of the molecule is Cn1ccc(-c2nc(N)c(NCc3cccc(COC4CCOC4)n3)nc2-c2cc(Cl)c3ncccc3c2)n1. The number of hydrogen-bond acceptors (Lipinski definition) is 9. The van der Waals surface area contributed by atoms with Gasteiger partial charge in [-0.25, -0.2) is 9.97 Å². The average Bonchev–Trinajstić information content (AvgIpc) is 3.63. The molecule has 198 valence electrons. The zero-order valence-corrected chi connectivity index (χ0v) is 22.1. The maximum atomic E-state index is 6.61. The summed E-state index contributed by atoms with van der Waals surface area (Å²) in [6.07, 6.45) is 4.60. The summed E-state index contributed by atoms with van der Waals surface area (Å²) in [4.78, 5) is 18.7. The summed E-state index contributed by atoms with van der Waals surface area (Å²) in [6, 6.07) is 15.4. The van der Waals surface area contributed by atoms with E-state index < -0.39 is 0 Å². The van der Waals surface area contributed by atoms with Crippen LogP contribution >= 0.6 is 11.6 Å². The number of pyridine rings is 2. The van der Waals surface area contributed by atoms with Crippen molar-refractivity contribution in [2.24, 2.45) is 7.05 Å². The van der Waals surface area contributed by atoms with Crippen molar-refractivity contribution in [1.82, 2.24) is 29.7 Å². The third kappa shape index (κ3) is 5.53. The van der Waals surface area contributed by atoms with Crippen LogP contribution in [0.5, 0.6) is 0 Å². The maximum Gasteiger partial charge on any atom is 0.169 e. The van der Waals surface area contributed by atoms with Gasteiger partial charge < -0.3 is 20.5 Å². The minimum absolute atomic E-state index is 0.124. The normalized spacial score (nSPS) is 15.2. The molecule has 6 rings (SSSR count). The molecule has 1 aliphatic heterocycles. The highest BCUT2D eigenvalue weighted by Crippen LogP contribution is 2.35. The van der Waals surface area contributed by atoms with Crippen molar-refractivity contribution >= 4 is 34.1 Å². The van der Waals surface area contributed by atoms with Crippen LogP contribution in [0.3, 0.4) is 0 Å². The van der Waals surface area contributed by atoms with Crippen LogP contribution in [0.15, 0.2) is 60.9 Å². The molecule has 4 aromatic heterocycles. The molecule has 0 radical (unpaired) electrons. The van der Waals surface area contributed by atoms with Crippen molar-refractivity contribution in [2.45, 2.75) is 25.7 Å². The van der Waals surface area contributed by atoms with Gasteiger partial charge in [0.2, 0.25) is 0 Å². The Kier molecular flexibility index (Phi) is 7.06. The highest BCUT2D eigenvalue weighted by atomic mass is 35.5. The Labute approximate surface area is 230 Å². The van der Waals surface area contributed by atoms with E-state index in [9.17, 15) is 0 Å². The molecular formula is C28H27ClN8O2. The number of anilines is 2. The fourth-order valence-electron chi connectivity index (χ4n) is 4.51. The monoisotopic (exact) mass is 542 g/mol. The molecule has 5 aromatic rings. The van der Waals surface area contributed by atoms with Gasteiger partial charge in [-0.3, -0.25) is 14.6 Å². The molecule has 0 saturated carbocycles. The first-order valence-corrected chi connectivity index (χ1v) is 13.0. The number of halogens is 1. The Morgan fingerprint density at radius 2 is 2.00 bits per heavy atom. The van der Waals surface area contributed by atoms with Gasteiger partial charge in [0.05, 0.1) is 47.8 Å². The lowest BCUT2D eigenvalue weighted by atomic mass is 10.0. The second-order valence-corrected chi connectivity index (χ2v) is 9.74. The minimum Gasteiger partial charge on any atom is -0.381 e. The molecule has 1 aromatic carbocycles. The topological polar surface area (TPSA) is 126 Å². The highest BCUT2D eigenvalue weighted by molar-refractivity contribution is 6.35. The zero-order valence-electron chi connectivity index (χ0n) is 21.3. The lowest BCUT2D eigenvalue weighted by molar-refractivity contribution is 0.0301. The largest absolute Gasteiger partial charge is 0.381 e. The van der Waals surface area contributed by atoms with E-state index in [-0.39, 0.29) is 11.9 Å². The van der Waals surface area contributed by atoms with Crippen molar-refractivity contribution < 1.29 is 9.47 Å². The summed E-state index contributed by atoms with van der Waals surface area (Å²) in [5.74, 6) is 0.701. The van der Waals surface area contributed by atoms with Crippen LogP contribution in [0.4, 0.5) is 11.6 Å². The van der Waals surface area contributed by atoms with E-state index in [1.807, 2.05) is 61.8 Å². The second-order valence-electron chi connectivity index (χ2n) is 9.33. The number of benzene rings is 1. The summed E-state index contributed by atoms with van der Waals surface area (Å²) in [6.45, 7) is 2.22. The molecule has 1 saturated heterocycles. The van der Waals surface area contributed by atoms with Gasteiger partial charge in [0.1, 0.15) is 17.1 Å². The Bertz CT molecular complexity index is 1630. The summed E-state index contributed by atoms with van der Waals surface area (Å²) < 4.78 is 13.0. The van der Waals surface area contributed by atoms with Crippen molar-refractivity contribution in [3.8, 4) is 22.6 Å². The molecule has 1 fully saturated rings. The van der Waals surface area contributed by atoms with Gasteiger partial charge in [-0.15, -0.1) is 0 Å². The van der Waals surface area contributed by atoms with Gasteiger partial charge in [-0.2, -0.15) is 5.10 Å². The number of nitrogen functional groups attached to an aromatic ring is 1. The summed E-state index contributed by atoms with van der Waals surface area (Å²) in [5, 5.41) is 9.26.